The molecule has 0 aromatic rings. The fourth-order valence-electron chi connectivity index (χ4n) is 0. The zero-order chi connectivity index (χ0) is 0. The summed E-state index contributed by atoms with van der Waals surface area (Å²) in [6, 6.07) is 0. The number of rotatable bonds is 0. The van der Waals surface area contributed by atoms with Gasteiger partial charge >= 0.3 is 38.8 Å². The van der Waals surface area contributed by atoms with E-state index in [4.69, 9.17) is 0 Å². The summed E-state index contributed by atoms with van der Waals surface area (Å²) in [4.78, 5) is 0. The molecule has 0 aliphatic carbocycles. The van der Waals surface area contributed by atoms with Gasteiger partial charge in [-0.1, -0.05) is 0 Å². The molecule has 0 aromatic carbocycles. The van der Waals surface area contributed by atoms with E-state index in [1.807, 2.05) is 0 Å². The van der Waals surface area contributed by atoms with Crippen molar-refractivity contribution in [2.75, 3.05) is 0 Å². The van der Waals surface area contributed by atoms with Crippen molar-refractivity contribution in [3.05, 3.63) is 0 Å². The summed E-state index contributed by atoms with van der Waals surface area (Å²) in [6.45, 7) is 0. The van der Waals surface area contributed by atoms with Gasteiger partial charge in [0, 0.05) is 0 Å². The summed E-state index contributed by atoms with van der Waals surface area (Å²) in [5.41, 5.74) is 0. The Labute approximate surface area is 67.3 Å². The summed E-state index contributed by atoms with van der Waals surface area (Å²) in [6.07, 6.45) is 0. The van der Waals surface area contributed by atoms with Gasteiger partial charge in [-0.25, -0.2) is 0 Å². The van der Waals surface area contributed by atoms with Crippen LogP contribution in [0.3, 0.4) is 0 Å². The largest absolute Gasteiger partial charge is 4.00 e. The maximum absolute atomic E-state index is 0. The Morgan fingerprint density at radius 1 is 0.375 bits per heavy atom. The van der Waals surface area contributed by atoms with E-state index in [9.17, 15) is 0 Å². The van der Waals surface area contributed by atoms with Crippen LogP contribution in [-0.4, -0.2) is 0 Å². The van der Waals surface area contributed by atoms with E-state index in [1.54, 1.807) is 0 Å². The van der Waals surface area contributed by atoms with Gasteiger partial charge in [0.25, 0.3) is 0 Å². The maximum atomic E-state index is 0. The first kappa shape index (κ1) is 813. The molecular formula is F6MnTi. The molecule has 0 aliphatic heterocycles. The van der Waals surface area contributed by atoms with Crippen LogP contribution in [0.15, 0.2) is 0 Å². The van der Waals surface area contributed by atoms with Crippen LogP contribution in [0.25, 0.3) is 0 Å². The molecular weight excluding hydrogens is 217 g/mol. The molecule has 0 nitrogen and oxygen atoms in total. The van der Waals surface area contributed by atoms with Gasteiger partial charge in [0.1, 0.15) is 0 Å². The monoisotopic (exact) mass is 217 g/mol. The molecule has 0 unspecified atom stereocenters. The molecule has 0 saturated heterocycles. The van der Waals surface area contributed by atoms with Crippen molar-refractivity contribution in [1.29, 1.82) is 0 Å². The zero-order valence-corrected chi connectivity index (χ0v) is 5.89. The summed E-state index contributed by atoms with van der Waals surface area (Å²) in [5.74, 6) is 0. The molecule has 0 saturated carbocycles. The molecule has 0 spiro atoms. The minimum absolute atomic E-state index is 0. The third-order valence-corrected chi connectivity index (χ3v) is 0. The summed E-state index contributed by atoms with van der Waals surface area (Å²) in [5, 5.41) is 0. The van der Waals surface area contributed by atoms with E-state index in [0.29, 0.717) is 0 Å². The van der Waals surface area contributed by atoms with Crippen LogP contribution in [0.4, 0.5) is 0 Å². The van der Waals surface area contributed by atoms with Crippen LogP contribution in [0, 0.1) is 0 Å². The average Bonchev–Trinajstić information content (AvgIpc) is 0. The molecule has 53 valence electrons. The van der Waals surface area contributed by atoms with Gasteiger partial charge in [0.05, 0.1) is 0 Å². The molecule has 8 heteroatoms. The van der Waals surface area contributed by atoms with E-state index in [0.717, 1.165) is 0 Å². The van der Waals surface area contributed by atoms with Gasteiger partial charge in [-0.2, -0.15) is 0 Å². The molecule has 1 radical (unpaired) electrons. The van der Waals surface area contributed by atoms with Crippen molar-refractivity contribution in [3.63, 3.8) is 0 Å². The second-order valence-electron chi connectivity index (χ2n) is 0. The minimum atomic E-state index is 0. The van der Waals surface area contributed by atoms with Crippen molar-refractivity contribution in [1.82, 2.24) is 0 Å². The van der Waals surface area contributed by atoms with E-state index in [2.05, 4.69) is 0 Å². The summed E-state index contributed by atoms with van der Waals surface area (Å²) in [7, 11) is 0. The fraction of sp³-hybridized carbons (Fsp3) is 0. The van der Waals surface area contributed by atoms with E-state index in [-0.39, 0.29) is 67.0 Å². The van der Waals surface area contributed by atoms with E-state index in [1.165, 1.54) is 0 Å². The van der Waals surface area contributed by atoms with Crippen molar-refractivity contribution in [2.45, 2.75) is 0 Å². The van der Waals surface area contributed by atoms with Crippen molar-refractivity contribution in [2.24, 2.45) is 0 Å². The van der Waals surface area contributed by atoms with Crippen LogP contribution >= 0.6 is 0 Å². The Balaban J connectivity index is 0. The molecule has 0 N–H and O–H groups in total. The van der Waals surface area contributed by atoms with Crippen LogP contribution in [0.5, 0.6) is 0 Å². The van der Waals surface area contributed by atoms with Crippen molar-refractivity contribution in [3.8, 4) is 0 Å². The summed E-state index contributed by atoms with van der Waals surface area (Å²) >= 11 is 0. The van der Waals surface area contributed by atoms with Gasteiger partial charge in [-0.05, 0) is 0 Å². The molecule has 0 aliphatic rings. The molecule has 0 fully saturated rings. The third-order valence-electron chi connectivity index (χ3n) is 0. The van der Waals surface area contributed by atoms with Gasteiger partial charge in [0.2, 0.25) is 0 Å². The van der Waals surface area contributed by atoms with Crippen LogP contribution in [-0.2, 0) is 38.8 Å². The smallest absolute Gasteiger partial charge is 1.00 e. The average molecular weight is 217 g/mol. The van der Waals surface area contributed by atoms with Gasteiger partial charge in [-0.3, -0.25) is 0 Å². The van der Waals surface area contributed by atoms with Crippen molar-refractivity contribution < 1.29 is 67.0 Å². The molecule has 0 atom stereocenters. The Morgan fingerprint density at radius 2 is 0.375 bits per heavy atom. The molecule has 0 bridgehead atoms. The molecule has 0 rings (SSSR count). The molecule has 8 heavy (non-hydrogen) atoms. The first-order valence-corrected chi connectivity index (χ1v) is 0. The fourth-order valence-corrected chi connectivity index (χ4v) is 0. The van der Waals surface area contributed by atoms with E-state index < -0.39 is 0 Å². The predicted molar refractivity (Wildman–Crippen MR) is 0 cm³/mol. The SMILES string of the molecule is [F-].[F-].[F-].[F-].[F-].[F-].[Mn+2].[Ti+4]. The topological polar surface area (TPSA) is 0 Å². The minimum Gasteiger partial charge on any atom is -1.00 e. The molecule has 0 aromatic heterocycles. The third kappa shape index (κ3) is 348. The van der Waals surface area contributed by atoms with Crippen LogP contribution in [0.2, 0.25) is 0 Å². The standard InChI is InChI=1S/6FH.Mn.Ti/h6*1H;;/q;;;;;;+2;+4/p-6. The zero-order valence-electron chi connectivity index (χ0n) is 3.15. The van der Waals surface area contributed by atoms with Gasteiger partial charge < -0.3 is 28.2 Å². The quantitative estimate of drug-likeness (QED) is 0.279. The number of hydrogen-bond donors (Lipinski definition) is 0. The second kappa shape index (κ2) is 548. The molecule has 0 heterocycles. The van der Waals surface area contributed by atoms with Crippen LogP contribution in [0.1, 0.15) is 0 Å². The Kier molecular flexibility index (Phi) is 55600. The Morgan fingerprint density at radius 3 is 0.375 bits per heavy atom. The van der Waals surface area contributed by atoms with Crippen LogP contribution < -0.4 is 28.2 Å². The predicted octanol–water partition coefficient (Wildman–Crippen LogP) is -18.0. The van der Waals surface area contributed by atoms with Gasteiger partial charge in [-0.15, -0.1) is 0 Å². The van der Waals surface area contributed by atoms with E-state index >= 15 is 0 Å². The number of halogens is 6. The van der Waals surface area contributed by atoms with Gasteiger partial charge in [0.15, 0.2) is 0 Å². The second-order valence-corrected chi connectivity index (χ2v) is 0. The Bertz CT molecular complexity index is 8.49. The maximum Gasteiger partial charge on any atom is 4.00 e. The normalized spacial score (nSPS) is 0. The van der Waals surface area contributed by atoms with Crippen molar-refractivity contribution >= 4 is 0 Å². The Hall–Kier alpha value is 0.814. The summed E-state index contributed by atoms with van der Waals surface area (Å²) < 4.78 is 0. The first-order chi connectivity index (χ1) is 0. The molecule has 0 amide bonds. The first-order valence-electron chi connectivity index (χ1n) is 0. The number of hydrogen-bond acceptors (Lipinski definition) is 0.